The second-order valence-corrected chi connectivity index (χ2v) is 5.95. The molecule has 2 saturated carbocycles. The Hall–Kier alpha value is -1.06. The second kappa shape index (κ2) is 5.14. The number of hydrogen-bond acceptors (Lipinski definition) is 3. The van der Waals surface area contributed by atoms with E-state index >= 15 is 0 Å². The Morgan fingerprint density at radius 2 is 1.68 bits per heavy atom. The van der Waals surface area contributed by atoms with Crippen molar-refractivity contribution in [3.05, 3.63) is 29.8 Å². The Morgan fingerprint density at radius 1 is 1.05 bits per heavy atom. The summed E-state index contributed by atoms with van der Waals surface area (Å²) < 4.78 is 5.69. The van der Waals surface area contributed by atoms with Gasteiger partial charge in [-0.05, 0) is 43.4 Å². The summed E-state index contributed by atoms with van der Waals surface area (Å²) in [4.78, 5) is 0. The largest absolute Gasteiger partial charge is 0.490 e. The fraction of sp³-hybridized carbons (Fsp3) is 0.625. The van der Waals surface area contributed by atoms with Crippen molar-refractivity contribution in [2.24, 2.45) is 0 Å². The van der Waals surface area contributed by atoms with E-state index in [1.165, 1.54) is 0 Å². The lowest BCUT2D eigenvalue weighted by molar-refractivity contribution is -0.0991. The minimum absolute atomic E-state index is 0.387. The zero-order chi connectivity index (χ0) is 13.3. The highest BCUT2D eigenvalue weighted by molar-refractivity contribution is 5.30. The molecule has 19 heavy (non-hydrogen) atoms. The molecule has 1 aromatic carbocycles. The molecule has 3 heteroatoms. The van der Waals surface area contributed by atoms with Crippen molar-refractivity contribution in [2.45, 2.75) is 62.8 Å². The van der Waals surface area contributed by atoms with Crippen LogP contribution in [0.25, 0.3) is 0 Å². The van der Waals surface area contributed by atoms with E-state index in [2.05, 4.69) is 0 Å². The Bertz CT molecular complexity index is 416. The maximum Gasteiger partial charge on any atom is 0.119 e. The van der Waals surface area contributed by atoms with Gasteiger partial charge in [-0.25, -0.2) is 0 Å². The SMILES string of the molecule is OC(c1ccc(OC2CC2)cc1)C1(O)CCCCC1. The molecule has 2 fully saturated rings. The lowest BCUT2D eigenvalue weighted by Crippen LogP contribution is -2.38. The van der Waals surface area contributed by atoms with Crippen LogP contribution in [0, 0.1) is 0 Å². The molecule has 0 aliphatic heterocycles. The van der Waals surface area contributed by atoms with Crippen LogP contribution in [0.15, 0.2) is 24.3 Å². The van der Waals surface area contributed by atoms with E-state index in [1.807, 2.05) is 24.3 Å². The molecule has 2 N–H and O–H groups in total. The van der Waals surface area contributed by atoms with Crippen LogP contribution in [0.2, 0.25) is 0 Å². The average Bonchev–Trinajstić information content (AvgIpc) is 3.24. The molecule has 1 aromatic rings. The molecule has 0 saturated heterocycles. The van der Waals surface area contributed by atoms with Gasteiger partial charge in [0.1, 0.15) is 11.9 Å². The zero-order valence-electron chi connectivity index (χ0n) is 11.2. The monoisotopic (exact) mass is 262 g/mol. The topological polar surface area (TPSA) is 49.7 Å². The van der Waals surface area contributed by atoms with Crippen molar-refractivity contribution in [3.63, 3.8) is 0 Å². The molecular formula is C16H22O3. The Balaban J connectivity index is 1.69. The third-order valence-electron chi connectivity index (χ3n) is 4.25. The lowest BCUT2D eigenvalue weighted by Gasteiger charge is -2.36. The molecule has 0 spiro atoms. The van der Waals surface area contributed by atoms with Gasteiger partial charge in [-0.3, -0.25) is 0 Å². The van der Waals surface area contributed by atoms with Gasteiger partial charge in [0.25, 0.3) is 0 Å². The van der Waals surface area contributed by atoms with Gasteiger partial charge in [0, 0.05) is 0 Å². The molecular weight excluding hydrogens is 240 g/mol. The molecule has 0 radical (unpaired) electrons. The molecule has 2 aliphatic carbocycles. The van der Waals surface area contributed by atoms with Gasteiger partial charge in [0.15, 0.2) is 0 Å². The highest BCUT2D eigenvalue weighted by Crippen LogP contribution is 2.38. The van der Waals surface area contributed by atoms with Crippen LogP contribution < -0.4 is 4.74 Å². The molecule has 3 nitrogen and oxygen atoms in total. The summed E-state index contributed by atoms with van der Waals surface area (Å²) >= 11 is 0. The quantitative estimate of drug-likeness (QED) is 0.877. The maximum absolute atomic E-state index is 10.5. The summed E-state index contributed by atoms with van der Waals surface area (Å²) in [6, 6.07) is 7.52. The van der Waals surface area contributed by atoms with Gasteiger partial charge in [-0.1, -0.05) is 31.4 Å². The first-order valence-electron chi connectivity index (χ1n) is 7.34. The van der Waals surface area contributed by atoms with E-state index in [-0.39, 0.29) is 0 Å². The Morgan fingerprint density at radius 3 is 2.26 bits per heavy atom. The molecule has 1 unspecified atom stereocenters. The number of rotatable bonds is 4. The lowest BCUT2D eigenvalue weighted by atomic mass is 9.78. The van der Waals surface area contributed by atoms with Crippen LogP contribution in [-0.2, 0) is 0 Å². The third kappa shape index (κ3) is 2.93. The number of ether oxygens (including phenoxy) is 1. The highest BCUT2D eigenvalue weighted by atomic mass is 16.5. The first kappa shape index (κ1) is 12.9. The second-order valence-electron chi connectivity index (χ2n) is 5.95. The van der Waals surface area contributed by atoms with E-state index in [1.54, 1.807) is 0 Å². The summed E-state index contributed by atoms with van der Waals surface area (Å²) in [6.07, 6.45) is 6.41. The van der Waals surface area contributed by atoms with Crippen molar-refractivity contribution in [1.29, 1.82) is 0 Å². The number of aliphatic hydroxyl groups is 2. The van der Waals surface area contributed by atoms with Gasteiger partial charge < -0.3 is 14.9 Å². The number of hydrogen-bond donors (Lipinski definition) is 2. The van der Waals surface area contributed by atoms with Crippen LogP contribution in [0.5, 0.6) is 5.75 Å². The van der Waals surface area contributed by atoms with Crippen LogP contribution in [-0.4, -0.2) is 21.9 Å². The Labute approximate surface area is 114 Å². The molecule has 0 aromatic heterocycles. The number of aliphatic hydroxyl groups excluding tert-OH is 1. The van der Waals surface area contributed by atoms with E-state index in [0.717, 1.165) is 43.4 Å². The van der Waals surface area contributed by atoms with E-state index in [4.69, 9.17) is 4.74 Å². The third-order valence-corrected chi connectivity index (χ3v) is 4.25. The summed E-state index contributed by atoms with van der Waals surface area (Å²) in [7, 11) is 0. The van der Waals surface area contributed by atoms with E-state index in [9.17, 15) is 10.2 Å². The highest BCUT2D eigenvalue weighted by Gasteiger charge is 2.37. The number of benzene rings is 1. The van der Waals surface area contributed by atoms with Crippen molar-refractivity contribution in [3.8, 4) is 5.75 Å². The smallest absolute Gasteiger partial charge is 0.119 e. The molecule has 1 atom stereocenters. The van der Waals surface area contributed by atoms with Crippen LogP contribution >= 0.6 is 0 Å². The van der Waals surface area contributed by atoms with Crippen LogP contribution in [0.4, 0.5) is 0 Å². The predicted octanol–water partition coefficient (Wildman–Crippen LogP) is 2.96. The molecule has 104 valence electrons. The molecule has 3 rings (SSSR count). The molecule has 2 aliphatic rings. The van der Waals surface area contributed by atoms with Crippen molar-refractivity contribution in [1.82, 2.24) is 0 Å². The zero-order valence-corrected chi connectivity index (χ0v) is 11.2. The molecule has 0 amide bonds. The normalized spacial score (nSPS) is 23.9. The van der Waals surface area contributed by atoms with Gasteiger partial charge >= 0.3 is 0 Å². The van der Waals surface area contributed by atoms with Crippen molar-refractivity contribution < 1.29 is 14.9 Å². The fourth-order valence-corrected chi connectivity index (χ4v) is 2.85. The van der Waals surface area contributed by atoms with E-state index < -0.39 is 11.7 Å². The van der Waals surface area contributed by atoms with Gasteiger partial charge in [0.2, 0.25) is 0 Å². The first-order valence-corrected chi connectivity index (χ1v) is 7.34. The van der Waals surface area contributed by atoms with Gasteiger partial charge in [-0.15, -0.1) is 0 Å². The first-order chi connectivity index (χ1) is 9.17. The van der Waals surface area contributed by atoms with Gasteiger partial charge in [-0.2, -0.15) is 0 Å². The summed E-state index contributed by atoms with van der Waals surface area (Å²) in [5.41, 5.74) is -0.163. The summed E-state index contributed by atoms with van der Waals surface area (Å²) in [5, 5.41) is 20.9. The average molecular weight is 262 g/mol. The van der Waals surface area contributed by atoms with Crippen LogP contribution in [0.1, 0.15) is 56.6 Å². The standard InChI is InChI=1S/C16H22O3/c17-15(16(18)10-2-1-3-11-16)12-4-6-13(7-5-12)19-14-8-9-14/h4-7,14-15,17-18H,1-3,8-11H2. The Kier molecular flexibility index (Phi) is 3.50. The van der Waals surface area contributed by atoms with E-state index in [0.29, 0.717) is 18.9 Å². The van der Waals surface area contributed by atoms with Gasteiger partial charge in [0.05, 0.1) is 11.7 Å². The summed E-state index contributed by atoms with van der Waals surface area (Å²) in [5.74, 6) is 0.856. The maximum atomic E-state index is 10.5. The van der Waals surface area contributed by atoms with Crippen molar-refractivity contribution in [2.75, 3.05) is 0 Å². The molecule has 0 bridgehead atoms. The van der Waals surface area contributed by atoms with Crippen molar-refractivity contribution >= 4 is 0 Å². The minimum Gasteiger partial charge on any atom is -0.490 e. The fourth-order valence-electron chi connectivity index (χ4n) is 2.85. The summed E-state index contributed by atoms with van der Waals surface area (Å²) in [6.45, 7) is 0. The minimum atomic E-state index is -0.947. The molecule has 0 heterocycles. The predicted molar refractivity (Wildman–Crippen MR) is 73.1 cm³/mol. The van der Waals surface area contributed by atoms with Crippen LogP contribution in [0.3, 0.4) is 0 Å².